The highest BCUT2D eigenvalue weighted by molar-refractivity contribution is 5.95. The zero-order chi connectivity index (χ0) is 17.4. The Balaban J connectivity index is 1.62. The molecule has 7 nitrogen and oxygen atoms in total. The van der Waals surface area contributed by atoms with Gasteiger partial charge in [-0.25, -0.2) is 4.39 Å². The summed E-state index contributed by atoms with van der Waals surface area (Å²) in [4.78, 5) is 34.9. The maximum Gasteiger partial charge on any atom is 0.269 e. The highest BCUT2D eigenvalue weighted by atomic mass is 19.1. The summed E-state index contributed by atoms with van der Waals surface area (Å²) >= 11 is 0. The smallest absolute Gasteiger partial charge is 0.269 e. The Labute approximate surface area is 138 Å². The Hall–Kier alpha value is -2.48. The Morgan fingerprint density at radius 3 is 2.67 bits per heavy atom. The van der Waals surface area contributed by atoms with Crippen molar-refractivity contribution >= 4 is 17.7 Å². The molecule has 1 aliphatic heterocycles. The van der Waals surface area contributed by atoms with E-state index in [9.17, 15) is 18.8 Å². The van der Waals surface area contributed by atoms with Crippen molar-refractivity contribution in [2.75, 3.05) is 13.2 Å². The van der Waals surface area contributed by atoms with Gasteiger partial charge in [0, 0.05) is 31.6 Å². The van der Waals surface area contributed by atoms with Crippen molar-refractivity contribution in [2.45, 2.75) is 31.8 Å². The van der Waals surface area contributed by atoms with Crippen LogP contribution < -0.4 is 16.2 Å². The predicted molar refractivity (Wildman–Crippen MR) is 83.2 cm³/mol. The molecule has 3 amide bonds. The van der Waals surface area contributed by atoms with E-state index in [4.69, 9.17) is 4.74 Å². The van der Waals surface area contributed by atoms with Crippen molar-refractivity contribution in [3.05, 3.63) is 35.6 Å². The quantitative estimate of drug-likeness (QED) is 0.665. The van der Waals surface area contributed by atoms with Gasteiger partial charge in [0.25, 0.3) is 5.91 Å². The topological polar surface area (TPSA) is 96.5 Å². The van der Waals surface area contributed by atoms with Crippen LogP contribution in [-0.4, -0.2) is 37.0 Å². The molecular formula is C16H20FN3O4. The second-order valence-corrected chi connectivity index (χ2v) is 5.45. The molecule has 1 aliphatic rings. The van der Waals surface area contributed by atoms with Gasteiger partial charge in [0.1, 0.15) is 5.82 Å². The minimum atomic E-state index is -0.634. The summed E-state index contributed by atoms with van der Waals surface area (Å²) in [7, 11) is 0. The highest BCUT2D eigenvalue weighted by Gasteiger charge is 2.16. The summed E-state index contributed by atoms with van der Waals surface area (Å²) < 4.78 is 18.4. The lowest BCUT2D eigenvalue weighted by atomic mass is 10.2. The fourth-order valence-corrected chi connectivity index (χ4v) is 2.24. The van der Waals surface area contributed by atoms with E-state index in [1.54, 1.807) is 0 Å². The third-order valence-corrected chi connectivity index (χ3v) is 3.53. The number of halogens is 1. The average Bonchev–Trinajstić information content (AvgIpc) is 3.09. The molecule has 8 heteroatoms. The molecule has 0 aliphatic carbocycles. The number of amides is 3. The van der Waals surface area contributed by atoms with Gasteiger partial charge in [-0.3, -0.25) is 25.2 Å². The van der Waals surface area contributed by atoms with E-state index >= 15 is 0 Å². The number of rotatable bonds is 6. The van der Waals surface area contributed by atoms with Crippen molar-refractivity contribution in [1.82, 2.24) is 16.2 Å². The van der Waals surface area contributed by atoms with Crippen molar-refractivity contribution in [2.24, 2.45) is 0 Å². The van der Waals surface area contributed by atoms with Crippen molar-refractivity contribution in [3.8, 4) is 0 Å². The van der Waals surface area contributed by atoms with Crippen LogP contribution in [0.2, 0.25) is 0 Å². The van der Waals surface area contributed by atoms with E-state index in [0.29, 0.717) is 13.2 Å². The third-order valence-electron chi connectivity index (χ3n) is 3.53. The molecule has 0 bridgehead atoms. The van der Waals surface area contributed by atoms with E-state index < -0.39 is 17.6 Å². The van der Waals surface area contributed by atoms with Crippen LogP contribution in [0.4, 0.5) is 4.39 Å². The summed E-state index contributed by atoms with van der Waals surface area (Å²) in [6.45, 7) is 1.16. The molecule has 0 radical (unpaired) electrons. The molecule has 130 valence electrons. The molecule has 1 heterocycles. The molecular weight excluding hydrogens is 317 g/mol. The molecule has 24 heavy (non-hydrogen) atoms. The van der Waals surface area contributed by atoms with E-state index in [2.05, 4.69) is 16.2 Å². The van der Waals surface area contributed by atoms with Gasteiger partial charge < -0.3 is 10.1 Å². The normalized spacial score (nSPS) is 16.5. The molecule has 1 aromatic rings. The fraction of sp³-hybridized carbons (Fsp3) is 0.438. The van der Waals surface area contributed by atoms with Gasteiger partial charge in [-0.15, -0.1) is 0 Å². The molecule has 3 N–H and O–H groups in total. The Morgan fingerprint density at radius 2 is 1.96 bits per heavy atom. The standard InChI is InChI=1S/C16H20FN3O4/c17-12-4-1-3-11(9-12)16(23)20-19-15(22)7-6-14(21)18-10-13-5-2-8-24-13/h1,3-4,9,13H,2,5-8,10H2,(H,18,21)(H,19,22)(H,20,23). The SMILES string of the molecule is O=C(CCC(=O)NNC(=O)c1cccc(F)c1)NCC1CCCO1. The molecule has 1 fully saturated rings. The van der Waals surface area contributed by atoms with Crippen LogP contribution in [0.25, 0.3) is 0 Å². The molecule has 0 spiro atoms. The lowest BCUT2D eigenvalue weighted by Crippen LogP contribution is -2.42. The Kier molecular flexibility index (Phi) is 6.68. The Bertz CT molecular complexity index is 603. The summed E-state index contributed by atoms with van der Waals surface area (Å²) in [5.41, 5.74) is 4.44. The van der Waals surface area contributed by atoms with Crippen LogP contribution in [0.3, 0.4) is 0 Å². The molecule has 0 saturated carbocycles. The molecule has 1 atom stereocenters. The first-order valence-corrected chi connectivity index (χ1v) is 7.77. The van der Waals surface area contributed by atoms with Crippen LogP contribution >= 0.6 is 0 Å². The van der Waals surface area contributed by atoms with Crippen LogP contribution in [0, 0.1) is 5.82 Å². The van der Waals surface area contributed by atoms with E-state index in [1.807, 2.05) is 0 Å². The number of carbonyl (C=O) groups is 3. The lowest BCUT2D eigenvalue weighted by molar-refractivity contribution is -0.127. The minimum Gasteiger partial charge on any atom is -0.376 e. The third kappa shape index (κ3) is 5.96. The lowest BCUT2D eigenvalue weighted by Gasteiger charge is -2.11. The zero-order valence-corrected chi connectivity index (χ0v) is 13.1. The van der Waals surface area contributed by atoms with Gasteiger partial charge in [-0.05, 0) is 31.0 Å². The van der Waals surface area contributed by atoms with Crippen molar-refractivity contribution in [1.29, 1.82) is 0 Å². The first-order chi connectivity index (χ1) is 11.5. The number of hydrogen-bond donors (Lipinski definition) is 3. The number of carbonyl (C=O) groups excluding carboxylic acids is 3. The average molecular weight is 337 g/mol. The highest BCUT2D eigenvalue weighted by Crippen LogP contribution is 2.10. The number of nitrogens with one attached hydrogen (secondary N) is 3. The van der Waals surface area contributed by atoms with E-state index in [1.165, 1.54) is 18.2 Å². The maximum absolute atomic E-state index is 13.0. The van der Waals surface area contributed by atoms with Crippen LogP contribution in [0.5, 0.6) is 0 Å². The van der Waals surface area contributed by atoms with Crippen LogP contribution in [0.1, 0.15) is 36.0 Å². The first kappa shape index (κ1) is 17.9. The van der Waals surface area contributed by atoms with Gasteiger partial charge in [0.05, 0.1) is 6.10 Å². The summed E-state index contributed by atoms with van der Waals surface area (Å²) in [6, 6.07) is 5.08. The number of hydrazine groups is 1. The van der Waals surface area contributed by atoms with Gasteiger partial charge >= 0.3 is 0 Å². The van der Waals surface area contributed by atoms with Crippen molar-refractivity contribution in [3.63, 3.8) is 0 Å². The molecule has 2 rings (SSSR count). The van der Waals surface area contributed by atoms with Crippen molar-refractivity contribution < 1.29 is 23.5 Å². The second-order valence-electron chi connectivity index (χ2n) is 5.45. The largest absolute Gasteiger partial charge is 0.376 e. The number of benzene rings is 1. The summed E-state index contributed by atoms with van der Waals surface area (Å²) in [5, 5.41) is 2.70. The zero-order valence-electron chi connectivity index (χ0n) is 13.1. The van der Waals surface area contributed by atoms with Gasteiger partial charge in [0.2, 0.25) is 11.8 Å². The molecule has 1 unspecified atom stereocenters. The van der Waals surface area contributed by atoms with E-state index in [0.717, 1.165) is 18.9 Å². The van der Waals surface area contributed by atoms with Crippen LogP contribution in [-0.2, 0) is 14.3 Å². The van der Waals surface area contributed by atoms with Crippen LogP contribution in [0.15, 0.2) is 24.3 Å². The first-order valence-electron chi connectivity index (χ1n) is 7.77. The molecule has 1 aromatic carbocycles. The number of ether oxygens (including phenoxy) is 1. The second kappa shape index (κ2) is 8.97. The maximum atomic E-state index is 13.0. The molecule has 1 saturated heterocycles. The summed E-state index contributed by atoms with van der Waals surface area (Å²) in [5.74, 6) is -1.94. The van der Waals surface area contributed by atoms with Gasteiger partial charge in [-0.2, -0.15) is 0 Å². The fourth-order valence-electron chi connectivity index (χ4n) is 2.24. The van der Waals surface area contributed by atoms with E-state index in [-0.39, 0.29) is 30.4 Å². The molecule has 0 aromatic heterocycles. The summed E-state index contributed by atoms with van der Waals surface area (Å²) in [6.07, 6.45) is 1.91. The predicted octanol–water partition coefficient (Wildman–Crippen LogP) is 0.662. The minimum absolute atomic E-state index is 0.00832. The monoisotopic (exact) mass is 337 g/mol. The van der Waals surface area contributed by atoms with Gasteiger partial charge in [-0.1, -0.05) is 6.07 Å². The Morgan fingerprint density at radius 1 is 1.17 bits per heavy atom. The van der Waals surface area contributed by atoms with Gasteiger partial charge in [0.15, 0.2) is 0 Å². The number of hydrogen-bond acceptors (Lipinski definition) is 4.